The zero-order valence-electron chi connectivity index (χ0n) is 11.5. The number of nitrogens with one attached hydrogen (secondary N) is 2. The van der Waals surface area contributed by atoms with Gasteiger partial charge in [-0.2, -0.15) is 10.1 Å². The second-order valence-electron chi connectivity index (χ2n) is 4.32. The van der Waals surface area contributed by atoms with Crippen molar-refractivity contribution in [3.05, 3.63) is 30.1 Å². The second kappa shape index (κ2) is 6.05. The van der Waals surface area contributed by atoms with Gasteiger partial charge in [-0.05, 0) is 32.0 Å². The number of hydrogen-bond acceptors (Lipinski definition) is 5. The molecular formula is C13H16N4O3. The maximum Gasteiger partial charge on any atom is 0.258 e. The van der Waals surface area contributed by atoms with E-state index in [0.717, 1.165) is 0 Å². The van der Waals surface area contributed by atoms with Gasteiger partial charge in [0, 0.05) is 5.56 Å². The van der Waals surface area contributed by atoms with E-state index in [4.69, 9.17) is 9.47 Å². The fourth-order valence-corrected chi connectivity index (χ4v) is 1.61. The number of methoxy groups -OCH3 is 1. The average molecular weight is 276 g/mol. The lowest BCUT2D eigenvalue weighted by Crippen LogP contribution is -2.13. The van der Waals surface area contributed by atoms with Gasteiger partial charge in [0.25, 0.3) is 5.91 Å². The smallest absolute Gasteiger partial charge is 0.258 e. The molecule has 7 nitrogen and oxygen atoms in total. The summed E-state index contributed by atoms with van der Waals surface area (Å²) in [5.41, 5.74) is 0.439. The summed E-state index contributed by atoms with van der Waals surface area (Å²) in [6.45, 7) is 3.84. The Morgan fingerprint density at radius 3 is 2.75 bits per heavy atom. The molecule has 1 amide bonds. The Kier molecular flexibility index (Phi) is 4.19. The average Bonchev–Trinajstić information content (AvgIpc) is 2.91. The molecule has 1 heterocycles. The summed E-state index contributed by atoms with van der Waals surface area (Å²) in [4.78, 5) is 15.8. The molecule has 0 aliphatic rings. The zero-order chi connectivity index (χ0) is 14.5. The van der Waals surface area contributed by atoms with Gasteiger partial charge in [-0.1, -0.05) is 0 Å². The highest BCUT2D eigenvalue weighted by Crippen LogP contribution is 2.29. The highest BCUT2D eigenvalue weighted by Gasteiger charge is 2.13. The SMILES string of the molecule is COc1cc(C(=O)Nc2ncn[nH]2)ccc1OC(C)C. The van der Waals surface area contributed by atoms with E-state index in [1.807, 2.05) is 13.8 Å². The van der Waals surface area contributed by atoms with Crippen LogP contribution in [0.1, 0.15) is 24.2 Å². The second-order valence-corrected chi connectivity index (χ2v) is 4.32. The van der Waals surface area contributed by atoms with Crippen LogP contribution in [0.4, 0.5) is 5.95 Å². The molecule has 1 aromatic carbocycles. The van der Waals surface area contributed by atoms with Gasteiger partial charge in [0.2, 0.25) is 5.95 Å². The van der Waals surface area contributed by atoms with Crippen LogP contribution in [0, 0.1) is 0 Å². The van der Waals surface area contributed by atoms with Crippen LogP contribution >= 0.6 is 0 Å². The number of carbonyl (C=O) groups is 1. The molecule has 2 rings (SSSR count). The van der Waals surface area contributed by atoms with Crippen LogP contribution in [-0.4, -0.2) is 34.3 Å². The predicted molar refractivity (Wildman–Crippen MR) is 73.1 cm³/mol. The maximum atomic E-state index is 12.0. The molecule has 7 heteroatoms. The van der Waals surface area contributed by atoms with Crippen molar-refractivity contribution < 1.29 is 14.3 Å². The number of nitrogens with zero attached hydrogens (tertiary/aromatic N) is 2. The number of aromatic nitrogens is 3. The summed E-state index contributed by atoms with van der Waals surface area (Å²) in [5.74, 6) is 1.08. The van der Waals surface area contributed by atoms with E-state index < -0.39 is 0 Å². The first-order valence-corrected chi connectivity index (χ1v) is 6.11. The van der Waals surface area contributed by atoms with Crippen molar-refractivity contribution >= 4 is 11.9 Å². The van der Waals surface area contributed by atoms with Crippen LogP contribution in [0.5, 0.6) is 11.5 Å². The highest BCUT2D eigenvalue weighted by atomic mass is 16.5. The minimum absolute atomic E-state index is 0.0257. The molecule has 0 aliphatic carbocycles. The normalized spacial score (nSPS) is 10.4. The lowest BCUT2D eigenvalue weighted by atomic mass is 10.2. The number of anilines is 1. The number of H-pyrrole nitrogens is 1. The van der Waals surface area contributed by atoms with E-state index in [1.54, 1.807) is 18.2 Å². The topological polar surface area (TPSA) is 89.1 Å². The van der Waals surface area contributed by atoms with Gasteiger partial charge >= 0.3 is 0 Å². The van der Waals surface area contributed by atoms with Crippen LogP contribution in [-0.2, 0) is 0 Å². The van der Waals surface area contributed by atoms with Crippen molar-refractivity contribution in [2.24, 2.45) is 0 Å². The van der Waals surface area contributed by atoms with Gasteiger partial charge in [-0.25, -0.2) is 5.10 Å². The molecule has 20 heavy (non-hydrogen) atoms. The number of benzene rings is 1. The summed E-state index contributed by atoms with van der Waals surface area (Å²) in [6.07, 6.45) is 1.34. The van der Waals surface area contributed by atoms with E-state index in [1.165, 1.54) is 13.4 Å². The third-order valence-corrected chi connectivity index (χ3v) is 2.44. The van der Waals surface area contributed by atoms with Gasteiger partial charge in [0.15, 0.2) is 11.5 Å². The van der Waals surface area contributed by atoms with Crippen molar-refractivity contribution in [2.45, 2.75) is 20.0 Å². The van der Waals surface area contributed by atoms with Crippen molar-refractivity contribution in [1.82, 2.24) is 15.2 Å². The van der Waals surface area contributed by atoms with Crippen LogP contribution in [0.25, 0.3) is 0 Å². The molecular weight excluding hydrogens is 260 g/mol. The van der Waals surface area contributed by atoms with Gasteiger partial charge in [-0.3, -0.25) is 10.1 Å². The van der Waals surface area contributed by atoms with Crippen LogP contribution < -0.4 is 14.8 Å². The lowest BCUT2D eigenvalue weighted by molar-refractivity contribution is 0.102. The first kappa shape index (κ1) is 13.9. The molecule has 0 fully saturated rings. The standard InChI is InChI=1S/C13H16N4O3/c1-8(2)20-10-5-4-9(6-11(10)19-3)12(18)16-13-14-7-15-17-13/h4-8H,1-3H3,(H2,14,15,16,17,18). The minimum atomic E-state index is -0.309. The fourth-order valence-electron chi connectivity index (χ4n) is 1.61. The molecule has 0 unspecified atom stereocenters. The monoisotopic (exact) mass is 276 g/mol. The molecule has 0 atom stereocenters. The number of amides is 1. The molecule has 0 saturated carbocycles. The van der Waals surface area contributed by atoms with E-state index in [2.05, 4.69) is 20.5 Å². The summed E-state index contributed by atoms with van der Waals surface area (Å²) in [5, 5.41) is 8.79. The van der Waals surface area contributed by atoms with E-state index in [0.29, 0.717) is 17.1 Å². The molecule has 0 aliphatic heterocycles. The molecule has 2 N–H and O–H groups in total. The Balaban J connectivity index is 2.18. The zero-order valence-corrected chi connectivity index (χ0v) is 11.5. The number of rotatable bonds is 5. The molecule has 0 bridgehead atoms. The van der Waals surface area contributed by atoms with Crippen LogP contribution in [0.3, 0.4) is 0 Å². The summed E-state index contributed by atoms with van der Waals surface area (Å²) in [6, 6.07) is 4.98. The number of carbonyl (C=O) groups excluding carboxylic acids is 1. The Labute approximate surface area is 116 Å². The van der Waals surface area contributed by atoms with Gasteiger partial charge in [-0.15, -0.1) is 0 Å². The molecule has 0 radical (unpaired) electrons. The molecule has 2 aromatic rings. The first-order chi connectivity index (χ1) is 9.60. The lowest BCUT2D eigenvalue weighted by Gasteiger charge is -2.14. The van der Waals surface area contributed by atoms with Crippen LogP contribution in [0.2, 0.25) is 0 Å². The minimum Gasteiger partial charge on any atom is -0.493 e. The third kappa shape index (κ3) is 3.25. The van der Waals surface area contributed by atoms with Crippen molar-refractivity contribution in [3.8, 4) is 11.5 Å². The van der Waals surface area contributed by atoms with Gasteiger partial charge < -0.3 is 9.47 Å². The largest absolute Gasteiger partial charge is 0.493 e. The number of ether oxygens (including phenoxy) is 2. The first-order valence-electron chi connectivity index (χ1n) is 6.11. The van der Waals surface area contributed by atoms with E-state index >= 15 is 0 Å². The van der Waals surface area contributed by atoms with Gasteiger partial charge in [0.05, 0.1) is 13.2 Å². The summed E-state index contributed by atoms with van der Waals surface area (Å²) >= 11 is 0. The molecule has 1 aromatic heterocycles. The Bertz CT molecular complexity index is 581. The van der Waals surface area contributed by atoms with Gasteiger partial charge in [0.1, 0.15) is 6.33 Å². The fraction of sp³-hybridized carbons (Fsp3) is 0.308. The Morgan fingerprint density at radius 1 is 1.35 bits per heavy atom. The summed E-state index contributed by atoms with van der Waals surface area (Å²) in [7, 11) is 1.53. The van der Waals surface area contributed by atoms with Crippen molar-refractivity contribution in [3.63, 3.8) is 0 Å². The van der Waals surface area contributed by atoms with E-state index in [-0.39, 0.29) is 18.0 Å². The predicted octanol–water partition coefficient (Wildman–Crippen LogP) is 1.85. The van der Waals surface area contributed by atoms with Crippen LogP contribution in [0.15, 0.2) is 24.5 Å². The molecule has 106 valence electrons. The number of aromatic amines is 1. The summed E-state index contributed by atoms with van der Waals surface area (Å²) < 4.78 is 10.8. The molecule has 0 spiro atoms. The van der Waals surface area contributed by atoms with E-state index in [9.17, 15) is 4.79 Å². The number of hydrogen-bond donors (Lipinski definition) is 2. The quantitative estimate of drug-likeness (QED) is 0.870. The third-order valence-electron chi connectivity index (χ3n) is 2.44. The van der Waals surface area contributed by atoms with Crippen molar-refractivity contribution in [1.29, 1.82) is 0 Å². The Morgan fingerprint density at radius 2 is 2.15 bits per heavy atom. The molecule has 0 saturated heterocycles. The Hall–Kier alpha value is -2.57. The maximum absolute atomic E-state index is 12.0. The highest BCUT2D eigenvalue weighted by molar-refractivity contribution is 6.03. The van der Waals surface area contributed by atoms with Crippen molar-refractivity contribution in [2.75, 3.05) is 12.4 Å².